The van der Waals surface area contributed by atoms with Gasteiger partial charge in [-0.05, 0) is 291 Å². The molecule has 0 amide bonds. The number of fused-ring (bicyclic) bond motifs is 24. The van der Waals surface area contributed by atoms with Crippen molar-refractivity contribution >= 4 is 217 Å². The summed E-state index contributed by atoms with van der Waals surface area (Å²) >= 11 is 0. The second-order valence-electron chi connectivity index (χ2n) is 36.9. The van der Waals surface area contributed by atoms with Crippen molar-refractivity contribution in [3.63, 3.8) is 0 Å². The Morgan fingerprint density at radius 1 is 0.122 bits per heavy atom. The van der Waals surface area contributed by atoms with Gasteiger partial charge in [0.15, 0.2) is 0 Å². The molecule has 0 aliphatic carbocycles. The minimum absolute atomic E-state index is 0.0616. The highest BCUT2D eigenvalue weighted by Crippen LogP contribution is 2.55. The molecule has 0 atom stereocenters. The van der Waals surface area contributed by atoms with Crippen molar-refractivity contribution < 1.29 is 51.9 Å². The van der Waals surface area contributed by atoms with E-state index in [2.05, 4.69) is 121 Å². The van der Waals surface area contributed by atoms with Crippen molar-refractivity contribution in [3.8, 4) is 89.0 Å². The van der Waals surface area contributed by atoms with Gasteiger partial charge in [0.1, 0.15) is 44.7 Å². The molecule has 0 spiro atoms. The topological polar surface area (TPSA) is 52.6 Å². The Morgan fingerprint density at radius 2 is 0.324 bits per heavy atom. The summed E-state index contributed by atoms with van der Waals surface area (Å²) in [5, 5.41) is 23.7. The lowest BCUT2D eigenvalue weighted by Crippen LogP contribution is -1.91. The van der Waals surface area contributed by atoms with E-state index in [1.807, 2.05) is 212 Å². The van der Waals surface area contributed by atoms with Crippen molar-refractivity contribution in [2.24, 2.45) is 0 Å². The van der Waals surface area contributed by atoms with Crippen LogP contribution in [0.3, 0.4) is 0 Å². The molecule has 0 unspecified atom stereocenters. The predicted molar refractivity (Wildman–Crippen MR) is 628 cm³/mol. The zero-order valence-corrected chi connectivity index (χ0v) is 78.5. The molecule has 0 aliphatic rings. The number of rotatable bonds is 8. The maximum atomic E-state index is 9.23. The second-order valence-corrected chi connectivity index (χ2v) is 36.9. The third kappa shape index (κ3) is 14.1. The van der Waals surface area contributed by atoms with Crippen LogP contribution >= 0.6 is 0 Å². The lowest BCUT2D eigenvalue weighted by Gasteiger charge is -2.18. The highest BCUT2D eigenvalue weighted by Gasteiger charge is 2.28. The van der Waals surface area contributed by atoms with Crippen molar-refractivity contribution in [3.05, 3.63) is 533 Å². The quantitative estimate of drug-likeness (QED) is 0.142. The fourth-order valence-electron chi connectivity index (χ4n) is 22.6. The average molecular weight is 1910 g/mol. The fourth-order valence-corrected chi connectivity index (χ4v) is 22.6. The monoisotopic (exact) mass is 1910 g/mol. The smallest absolute Gasteiger partial charge is 0.136 e. The van der Waals surface area contributed by atoms with Gasteiger partial charge in [0, 0.05) is 43.1 Å². The Hall–Kier alpha value is -19.5. The first-order chi connectivity index (χ1) is 83.7. The van der Waals surface area contributed by atoms with E-state index in [9.17, 15) is 5.48 Å². The van der Waals surface area contributed by atoms with Crippen molar-refractivity contribution in [2.75, 3.05) is 0 Å². The average Bonchev–Trinajstić information content (AvgIpc) is 0.975. The largest absolute Gasteiger partial charge is 0.456 e. The summed E-state index contributed by atoms with van der Waals surface area (Å²) in [4.78, 5) is 0. The van der Waals surface area contributed by atoms with Gasteiger partial charge < -0.3 is 17.7 Å². The van der Waals surface area contributed by atoms with Crippen LogP contribution in [0.2, 0.25) is 0 Å². The second kappa shape index (κ2) is 35.3. The summed E-state index contributed by atoms with van der Waals surface area (Å²) in [7, 11) is 0. The summed E-state index contributed by atoms with van der Waals surface area (Å²) in [5.41, 5.74) is 15.6. The first kappa shape index (κ1) is 63.4. The lowest BCUT2D eigenvalue weighted by molar-refractivity contribution is 0.669. The first-order valence-corrected chi connectivity index (χ1v) is 48.7. The molecule has 28 aromatic carbocycles. The van der Waals surface area contributed by atoms with Gasteiger partial charge in [-0.15, -0.1) is 0 Å². The van der Waals surface area contributed by atoms with Gasteiger partial charge in [0.05, 0.1) is 34.3 Å². The molecule has 4 heteroatoms. The van der Waals surface area contributed by atoms with E-state index in [-0.39, 0.29) is 78.4 Å². The summed E-state index contributed by atoms with van der Waals surface area (Å²) < 4.78 is 245. The molecule has 0 bridgehead atoms. The van der Waals surface area contributed by atoms with Crippen molar-refractivity contribution in [1.82, 2.24) is 0 Å². The standard InChI is InChI=1S/4C36H22O/c4*1-2-11-23(12-3-1)34-26-15-6-8-17-28(26)35(29-18-9-7-16-27(29)34)30-19-10-20-32-36(30)31-21-24-13-4-5-14-25(24)22-33(31)37-32/h4*1-22H/i1D,2D,3D,6D,7D,8D,9D,11D,12D,15D,16D,17D,18D;6D,7D,8D,9D,15D,16D,17D,18D;2*6D,9D. The van der Waals surface area contributed by atoms with E-state index in [0.29, 0.717) is 90.5 Å². The number of benzene rings is 28. The van der Waals surface area contributed by atoms with Gasteiger partial charge in [-0.3, -0.25) is 0 Å². The van der Waals surface area contributed by atoms with Crippen LogP contribution in [0, 0.1) is 0 Å². The molecule has 0 saturated carbocycles. The molecule has 688 valence electrons. The highest BCUT2D eigenvalue weighted by atomic mass is 16.3. The molecule has 32 aromatic rings. The first-order valence-electron chi connectivity index (χ1n) is 61.2. The van der Waals surface area contributed by atoms with E-state index < -0.39 is 108 Å². The van der Waals surface area contributed by atoms with Gasteiger partial charge >= 0.3 is 0 Å². The van der Waals surface area contributed by atoms with E-state index in [1.165, 1.54) is 10.8 Å². The van der Waals surface area contributed by atoms with E-state index in [1.54, 1.807) is 48.5 Å². The SMILES string of the molecule is [2H]c1c([2H])c([2H])c(-c2c3c([2H])c([2H])c([2H])c([2H])c3c(-c3cccc4oc5cc6ccccc6cc5c34)c3c([2H])c([2H])c([2H])c([2H])c23)c([2H])c1[2H].[2H]c1c([2H])c([2H])c2c(-c3cccc4oc5cc6ccccc6cc5c34)c3c([2H])c([2H])c([2H])c([2H])c3c(-c3ccccc3)c2c1[2H].[2H]c1ccc2c(-c3cccc4oc5cc6ccccc6cc5c34)c3cc([2H])ccc3c(-c3ccccc3)c2c1.[2H]c1ccc2c(-c3cccc4oc5cc6ccccc6cc5c34)c3cc([2H])ccc3c(-c3ccccc3)c2c1. The Balaban J connectivity index is 0.000000104. The number of hydrogen-bond donors (Lipinski definition) is 0. The van der Waals surface area contributed by atoms with Gasteiger partial charge in [-0.2, -0.15) is 0 Å². The normalized spacial score (nSPS) is 14.1. The molecule has 0 fully saturated rings. The minimum atomic E-state index is -0.713. The Morgan fingerprint density at radius 3 is 0.595 bits per heavy atom. The summed E-state index contributed by atoms with van der Waals surface area (Å²) in [5.74, 6) is 0. The summed E-state index contributed by atoms with van der Waals surface area (Å²) in [6.07, 6.45) is 0. The van der Waals surface area contributed by atoms with E-state index in [4.69, 9.17) is 46.5 Å². The number of hydrogen-bond acceptors (Lipinski definition) is 4. The molecule has 4 heterocycles. The van der Waals surface area contributed by atoms with Crippen LogP contribution in [-0.2, 0) is 0 Å². The maximum Gasteiger partial charge on any atom is 0.136 e. The van der Waals surface area contributed by atoms with Crippen LogP contribution in [0.25, 0.3) is 306 Å². The van der Waals surface area contributed by atoms with Gasteiger partial charge in [-0.1, -0.05) is 460 Å². The number of furan rings is 4. The van der Waals surface area contributed by atoms with E-state index >= 15 is 0 Å². The molecule has 148 heavy (non-hydrogen) atoms. The van der Waals surface area contributed by atoms with Crippen LogP contribution < -0.4 is 0 Å². The predicted octanol–water partition coefficient (Wildman–Crippen LogP) is 41.5. The zero-order chi connectivity index (χ0) is 119. The van der Waals surface area contributed by atoms with Gasteiger partial charge in [0.25, 0.3) is 0 Å². The molecule has 0 aliphatic heterocycles. The third-order valence-corrected chi connectivity index (χ3v) is 28.8. The summed E-state index contributed by atoms with van der Waals surface area (Å²) in [6.45, 7) is 0. The van der Waals surface area contributed by atoms with Crippen molar-refractivity contribution in [2.45, 2.75) is 0 Å². The Labute approximate surface area is 886 Å². The minimum Gasteiger partial charge on any atom is -0.456 e. The van der Waals surface area contributed by atoms with E-state index in [0.717, 1.165) is 169 Å². The maximum absolute atomic E-state index is 9.23. The fraction of sp³-hybridized carbons (Fsp3) is 0. The summed E-state index contributed by atoms with van der Waals surface area (Å²) in [6, 6.07) is 116. The van der Waals surface area contributed by atoms with Gasteiger partial charge in [0.2, 0.25) is 0 Å². The molecule has 4 aromatic heterocycles. The molecular formula is C144H88O4. The van der Waals surface area contributed by atoms with Crippen LogP contribution in [0.4, 0.5) is 0 Å². The van der Waals surface area contributed by atoms with Gasteiger partial charge in [-0.25, -0.2) is 0 Å². The molecular weight excluding hydrogens is 1790 g/mol. The molecule has 0 N–H and O–H groups in total. The molecule has 4 nitrogen and oxygen atoms in total. The molecule has 0 saturated heterocycles. The van der Waals surface area contributed by atoms with Crippen molar-refractivity contribution in [1.29, 1.82) is 0 Å². The Kier molecular flexibility index (Phi) is 15.1. The Bertz CT molecular complexity index is 12200. The van der Waals surface area contributed by atoms with Crippen LogP contribution in [-0.4, -0.2) is 0 Å². The third-order valence-electron chi connectivity index (χ3n) is 28.8. The molecule has 32 rings (SSSR count). The molecule has 0 radical (unpaired) electrons. The lowest BCUT2D eigenvalue weighted by atomic mass is 9.85. The zero-order valence-electron chi connectivity index (χ0n) is 104. The highest BCUT2D eigenvalue weighted by molar-refractivity contribution is 6.32. The van der Waals surface area contributed by atoms with Crippen LogP contribution in [0.1, 0.15) is 34.3 Å². The van der Waals surface area contributed by atoms with Crippen LogP contribution in [0.15, 0.2) is 551 Å². The van der Waals surface area contributed by atoms with Crippen LogP contribution in [0.5, 0.6) is 0 Å².